The fourth-order valence-electron chi connectivity index (χ4n) is 3.30. The zero-order chi connectivity index (χ0) is 18.8. The Morgan fingerprint density at radius 1 is 1.19 bits per heavy atom. The number of aromatic nitrogens is 1. The molecular formula is C20H18ClN3OS2. The number of nitrogens with one attached hydrogen (secondary N) is 1. The Kier molecular flexibility index (Phi) is 5.29. The van der Waals surface area contributed by atoms with E-state index in [2.05, 4.69) is 33.4 Å². The molecule has 0 unspecified atom stereocenters. The van der Waals surface area contributed by atoms with Gasteiger partial charge in [-0.15, -0.1) is 11.3 Å². The molecule has 1 aromatic carbocycles. The van der Waals surface area contributed by atoms with Gasteiger partial charge in [0.2, 0.25) is 0 Å². The minimum Gasteiger partial charge on any atom is -0.497 e. The van der Waals surface area contributed by atoms with Gasteiger partial charge in [0.25, 0.3) is 0 Å². The third-order valence-electron chi connectivity index (χ3n) is 4.60. The lowest BCUT2D eigenvalue weighted by Gasteiger charge is -2.27. The van der Waals surface area contributed by atoms with E-state index in [9.17, 15) is 0 Å². The lowest BCUT2D eigenvalue weighted by atomic mass is 10.0. The number of methoxy groups -OCH3 is 1. The molecular weight excluding hydrogens is 398 g/mol. The minimum atomic E-state index is -0.0216. The molecule has 0 amide bonds. The summed E-state index contributed by atoms with van der Waals surface area (Å²) in [6.07, 6.45) is 1.81. The van der Waals surface area contributed by atoms with Gasteiger partial charge in [0.1, 0.15) is 5.75 Å². The number of benzene rings is 1. The first-order chi connectivity index (χ1) is 13.2. The Hall–Kier alpha value is -2.15. The lowest BCUT2D eigenvalue weighted by molar-refractivity contribution is 0.315. The molecule has 1 fully saturated rings. The molecule has 0 aliphatic carbocycles. The minimum absolute atomic E-state index is 0.0216. The monoisotopic (exact) mass is 415 g/mol. The predicted molar refractivity (Wildman–Crippen MR) is 113 cm³/mol. The van der Waals surface area contributed by atoms with Crippen molar-refractivity contribution in [2.75, 3.05) is 7.11 Å². The summed E-state index contributed by atoms with van der Waals surface area (Å²) < 4.78 is 6.03. The summed E-state index contributed by atoms with van der Waals surface area (Å²) in [6, 6.07) is 18.0. The van der Waals surface area contributed by atoms with Crippen LogP contribution in [-0.2, 0) is 6.54 Å². The molecule has 3 heterocycles. The van der Waals surface area contributed by atoms with Crippen molar-refractivity contribution in [3.63, 3.8) is 0 Å². The Labute approximate surface area is 172 Å². The molecule has 138 valence electrons. The second-order valence-corrected chi connectivity index (χ2v) is 8.38. The first-order valence-corrected chi connectivity index (χ1v) is 10.1. The second kappa shape index (κ2) is 7.84. The summed E-state index contributed by atoms with van der Waals surface area (Å²) in [6.45, 7) is 0.694. The number of nitrogens with zero attached hydrogens (tertiary/aromatic N) is 2. The molecule has 4 rings (SSSR count). The van der Waals surface area contributed by atoms with Gasteiger partial charge in [0.15, 0.2) is 5.11 Å². The van der Waals surface area contributed by atoms with Gasteiger partial charge < -0.3 is 15.0 Å². The van der Waals surface area contributed by atoms with Crippen molar-refractivity contribution >= 4 is 40.3 Å². The number of thiophene rings is 1. The molecule has 1 aliphatic rings. The summed E-state index contributed by atoms with van der Waals surface area (Å²) in [5, 5.41) is 4.17. The van der Waals surface area contributed by atoms with Crippen LogP contribution in [0.25, 0.3) is 0 Å². The molecule has 7 heteroatoms. The topological polar surface area (TPSA) is 37.4 Å². The van der Waals surface area contributed by atoms with Crippen molar-refractivity contribution in [3.05, 3.63) is 81.3 Å². The summed E-state index contributed by atoms with van der Waals surface area (Å²) in [5.74, 6) is 0.842. The predicted octanol–water partition coefficient (Wildman–Crippen LogP) is 4.98. The quantitative estimate of drug-likeness (QED) is 0.595. The summed E-state index contributed by atoms with van der Waals surface area (Å²) >= 11 is 13.5. The van der Waals surface area contributed by atoms with E-state index >= 15 is 0 Å². The van der Waals surface area contributed by atoms with Gasteiger partial charge in [0.05, 0.1) is 29.2 Å². The summed E-state index contributed by atoms with van der Waals surface area (Å²) in [4.78, 5) is 7.92. The van der Waals surface area contributed by atoms with E-state index in [1.165, 1.54) is 0 Å². The van der Waals surface area contributed by atoms with E-state index in [-0.39, 0.29) is 12.1 Å². The number of pyridine rings is 1. The molecule has 4 nitrogen and oxygen atoms in total. The molecule has 2 aromatic heterocycles. The molecule has 1 aliphatic heterocycles. The van der Waals surface area contributed by atoms with Gasteiger partial charge in [-0.25, -0.2) is 0 Å². The maximum absolute atomic E-state index is 6.23. The molecule has 0 saturated carbocycles. The highest BCUT2D eigenvalue weighted by Gasteiger charge is 2.40. The van der Waals surface area contributed by atoms with Crippen LogP contribution in [0.3, 0.4) is 0 Å². The highest BCUT2D eigenvalue weighted by atomic mass is 35.5. The van der Waals surface area contributed by atoms with Crippen LogP contribution in [0.4, 0.5) is 0 Å². The van der Waals surface area contributed by atoms with E-state index < -0.39 is 0 Å². The van der Waals surface area contributed by atoms with Crippen LogP contribution >= 0.6 is 35.2 Å². The van der Waals surface area contributed by atoms with Crippen molar-refractivity contribution in [2.45, 2.75) is 18.6 Å². The molecule has 0 radical (unpaired) electrons. The van der Waals surface area contributed by atoms with Gasteiger partial charge in [-0.2, -0.15) is 0 Å². The van der Waals surface area contributed by atoms with Crippen molar-refractivity contribution in [1.29, 1.82) is 0 Å². The Morgan fingerprint density at radius 2 is 2.00 bits per heavy atom. The standard InChI is InChI=1S/C20H18ClN3OS2/c1-25-14-7-5-13(6-8-14)12-24-19(16-9-10-17(21)27-16)18(23-20(24)26)15-4-2-3-11-22-15/h2-11,18-19H,12H2,1H3,(H,23,26)/t18-,19+/m1/s1. The first kappa shape index (κ1) is 18.2. The van der Waals surface area contributed by atoms with Crippen molar-refractivity contribution < 1.29 is 4.74 Å². The highest BCUT2D eigenvalue weighted by molar-refractivity contribution is 7.80. The second-order valence-electron chi connectivity index (χ2n) is 6.24. The van der Waals surface area contributed by atoms with Crippen molar-refractivity contribution in [1.82, 2.24) is 15.2 Å². The van der Waals surface area contributed by atoms with Crippen molar-refractivity contribution in [3.8, 4) is 5.75 Å². The average Bonchev–Trinajstić information content (AvgIpc) is 3.26. The smallest absolute Gasteiger partial charge is 0.170 e. The molecule has 0 spiro atoms. The Bertz CT molecular complexity index is 930. The Balaban J connectivity index is 1.68. The number of hydrogen-bond acceptors (Lipinski definition) is 4. The zero-order valence-electron chi connectivity index (χ0n) is 14.6. The summed E-state index contributed by atoms with van der Waals surface area (Å²) in [7, 11) is 1.67. The van der Waals surface area contributed by atoms with E-state index in [4.69, 9.17) is 28.6 Å². The number of thiocarbonyl (C=S) groups is 1. The van der Waals surface area contributed by atoms with Gasteiger partial charge in [-0.1, -0.05) is 29.8 Å². The van der Waals surface area contributed by atoms with Crippen LogP contribution in [-0.4, -0.2) is 22.1 Å². The highest BCUT2D eigenvalue weighted by Crippen LogP contribution is 2.42. The largest absolute Gasteiger partial charge is 0.497 e. The number of ether oxygens (including phenoxy) is 1. The van der Waals surface area contributed by atoms with Crippen LogP contribution in [0.5, 0.6) is 5.75 Å². The van der Waals surface area contributed by atoms with Crippen LogP contribution in [0.15, 0.2) is 60.8 Å². The lowest BCUT2D eigenvalue weighted by Crippen LogP contribution is -2.28. The average molecular weight is 416 g/mol. The van der Waals surface area contributed by atoms with Crippen LogP contribution < -0.4 is 10.1 Å². The normalized spacial score (nSPS) is 19.2. The van der Waals surface area contributed by atoms with Gasteiger partial charge in [-0.05, 0) is 54.2 Å². The first-order valence-electron chi connectivity index (χ1n) is 8.52. The van der Waals surface area contributed by atoms with Crippen LogP contribution in [0.2, 0.25) is 4.34 Å². The third kappa shape index (κ3) is 3.78. The van der Waals surface area contributed by atoms with Gasteiger partial charge >= 0.3 is 0 Å². The third-order valence-corrected chi connectivity index (χ3v) is 6.25. The van der Waals surface area contributed by atoms with E-state index in [0.717, 1.165) is 31.3 Å². The molecule has 2 atom stereocenters. The van der Waals surface area contributed by atoms with Crippen molar-refractivity contribution in [2.24, 2.45) is 0 Å². The molecule has 1 N–H and O–H groups in total. The van der Waals surface area contributed by atoms with E-state index in [0.29, 0.717) is 6.54 Å². The SMILES string of the molecule is COc1ccc(CN2C(=S)N[C@H](c3ccccn3)[C@@H]2c2ccc(Cl)s2)cc1. The molecule has 3 aromatic rings. The number of rotatable bonds is 5. The fourth-order valence-corrected chi connectivity index (χ4v) is 4.82. The van der Waals surface area contributed by atoms with Crippen LogP contribution in [0.1, 0.15) is 28.2 Å². The maximum Gasteiger partial charge on any atom is 0.170 e. The maximum atomic E-state index is 6.23. The fraction of sp³-hybridized carbons (Fsp3) is 0.200. The van der Waals surface area contributed by atoms with E-state index in [1.807, 2.05) is 42.6 Å². The van der Waals surface area contributed by atoms with Crippen LogP contribution in [0, 0.1) is 0 Å². The van der Waals surface area contributed by atoms with E-state index in [1.54, 1.807) is 18.4 Å². The van der Waals surface area contributed by atoms with Gasteiger partial charge in [0, 0.05) is 17.6 Å². The number of halogens is 1. The molecule has 27 heavy (non-hydrogen) atoms. The zero-order valence-corrected chi connectivity index (χ0v) is 17.0. The molecule has 1 saturated heterocycles. The van der Waals surface area contributed by atoms with Gasteiger partial charge in [-0.3, -0.25) is 4.98 Å². The molecule has 0 bridgehead atoms. The number of hydrogen-bond donors (Lipinski definition) is 1. The Morgan fingerprint density at radius 3 is 2.63 bits per heavy atom. The summed E-state index contributed by atoms with van der Waals surface area (Å²) in [5.41, 5.74) is 2.13.